The Morgan fingerprint density at radius 3 is 2.35 bits per heavy atom. The van der Waals surface area contributed by atoms with Crippen molar-refractivity contribution in [1.82, 2.24) is 4.57 Å². The SMILES string of the molecule is Cc1cc(C(=O)Nc2ccc(-c3ccccc3C(F)(F)F)cc2)n(-c2cccc(C(=N)N)c2)c1. The summed E-state index contributed by atoms with van der Waals surface area (Å²) in [6.07, 6.45) is -2.67. The molecular formula is C26H21F3N4O. The van der Waals surface area contributed by atoms with Crippen molar-refractivity contribution in [2.45, 2.75) is 13.1 Å². The molecule has 0 spiro atoms. The van der Waals surface area contributed by atoms with Crippen molar-refractivity contribution < 1.29 is 18.0 Å². The number of carbonyl (C=O) groups is 1. The molecule has 4 N–H and O–H groups in total. The summed E-state index contributed by atoms with van der Waals surface area (Å²) >= 11 is 0. The number of amidine groups is 1. The molecule has 0 unspecified atom stereocenters. The lowest BCUT2D eigenvalue weighted by molar-refractivity contribution is -0.137. The molecule has 4 rings (SSSR count). The van der Waals surface area contributed by atoms with Crippen LogP contribution in [0.2, 0.25) is 0 Å². The summed E-state index contributed by atoms with van der Waals surface area (Å²) in [4.78, 5) is 13.0. The van der Waals surface area contributed by atoms with Crippen LogP contribution in [0.25, 0.3) is 16.8 Å². The molecule has 172 valence electrons. The average molecular weight is 462 g/mol. The van der Waals surface area contributed by atoms with E-state index < -0.39 is 11.7 Å². The Bertz CT molecular complexity index is 1370. The molecule has 4 aromatic rings. The van der Waals surface area contributed by atoms with E-state index in [0.29, 0.717) is 28.2 Å². The van der Waals surface area contributed by atoms with E-state index in [0.717, 1.165) is 11.6 Å². The number of nitrogens with zero attached hydrogens (tertiary/aromatic N) is 1. The zero-order chi connectivity index (χ0) is 24.5. The quantitative estimate of drug-likeness (QED) is 0.251. The van der Waals surface area contributed by atoms with Crippen LogP contribution in [0.4, 0.5) is 18.9 Å². The number of aromatic nitrogens is 1. The summed E-state index contributed by atoms with van der Waals surface area (Å²) in [6, 6.07) is 20.3. The third-order valence-corrected chi connectivity index (χ3v) is 5.31. The second-order valence-electron chi connectivity index (χ2n) is 7.81. The maximum absolute atomic E-state index is 13.3. The number of alkyl halides is 3. The van der Waals surface area contributed by atoms with Gasteiger partial charge in [0.05, 0.1) is 5.56 Å². The van der Waals surface area contributed by atoms with Crippen molar-refractivity contribution in [2.75, 3.05) is 5.32 Å². The summed E-state index contributed by atoms with van der Waals surface area (Å²) in [5.41, 5.74) is 8.21. The molecule has 0 aliphatic carbocycles. The van der Waals surface area contributed by atoms with Gasteiger partial charge in [-0.05, 0) is 60.0 Å². The fraction of sp³-hybridized carbons (Fsp3) is 0.0769. The van der Waals surface area contributed by atoms with Gasteiger partial charge < -0.3 is 15.6 Å². The van der Waals surface area contributed by atoms with Gasteiger partial charge in [-0.3, -0.25) is 10.2 Å². The molecule has 0 saturated carbocycles. The van der Waals surface area contributed by atoms with E-state index in [1.54, 1.807) is 71.4 Å². The summed E-state index contributed by atoms with van der Waals surface area (Å²) < 4.78 is 41.7. The predicted molar refractivity (Wildman–Crippen MR) is 126 cm³/mol. The topological polar surface area (TPSA) is 83.9 Å². The van der Waals surface area contributed by atoms with Gasteiger partial charge in [-0.15, -0.1) is 0 Å². The number of amides is 1. The largest absolute Gasteiger partial charge is 0.417 e. The van der Waals surface area contributed by atoms with Crippen LogP contribution in [0, 0.1) is 12.3 Å². The number of hydrogen-bond acceptors (Lipinski definition) is 2. The normalized spacial score (nSPS) is 11.3. The van der Waals surface area contributed by atoms with Crippen LogP contribution >= 0.6 is 0 Å². The summed E-state index contributed by atoms with van der Waals surface area (Å²) in [5.74, 6) is -0.464. The second kappa shape index (κ2) is 8.90. The van der Waals surface area contributed by atoms with Gasteiger partial charge in [0.15, 0.2) is 0 Å². The molecule has 8 heteroatoms. The molecule has 0 aliphatic heterocycles. The number of benzene rings is 3. The number of nitrogens with two attached hydrogens (primary N) is 1. The Labute approximate surface area is 194 Å². The zero-order valence-corrected chi connectivity index (χ0v) is 18.1. The zero-order valence-electron chi connectivity index (χ0n) is 18.1. The molecule has 3 aromatic carbocycles. The highest BCUT2D eigenvalue weighted by Crippen LogP contribution is 2.37. The van der Waals surface area contributed by atoms with Gasteiger partial charge in [0.1, 0.15) is 11.5 Å². The minimum Gasteiger partial charge on any atom is -0.384 e. The van der Waals surface area contributed by atoms with Gasteiger partial charge in [0.25, 0.3) is 5.91 Å². The molecule has 1 amide bonds. The number of anilines is 1. The lowest BCUT2D eigenvalue weighted by Gasteiger charge is -2.14. The number of halogens is 3. The Morgan fingerprint density at radius 1 is 0.971 bits per heavy atom. The van der Waals surface area contributed by atoms with E-state index in [2.05, 4.69) is 5.32 Å². The van der Waals surface area contributed by atoms with Gasteiger partial charge in [-0.2, -0.15) is 13.2 Å². The third kappa shape index (κ3) is 4.71. The molecule has 0 aliphatic rings. The highest BCUT2D eigenvalue weighted by molar-refractivity contribution is 6.04. The Hall–Kier alpha value is -4.33. The lowest BCUT2D eigenvalue weighted by atomic mass is 9.99. The highest BCUT2D eigenvalue weighted by atomic mass is 19.4. The highest BCUT2D eigenvalue weighted by Gasteiger charge is 2.33. The van der Waals surface area contributed by atoms with Crippen molar-refractivity contribution in [3.63, 3.8) is 0 Å². The Morgan fingerprint density at radius 2 is 1.68 bits per heavy atom. The number of hydrogen-bond donors (Lipinski definition) is 3. The van der Waals surface area contributed by atoms with Crippen LogP contribution in [0.15, 0.2) is 85.1 Å². The van der Waals surface area contributed by atoms with E-state index >= 15 is 0 Å². The standard InChI is InChI=1S/C26H21F3N4O/c1-16-13-23(33(15-16)20-6-4-5-18(14-20)24(30)31)25(34)32-19-11-9-17(10-12-19)21-7-2-3-8-22(21)26(27,28)29/h2-15H,1H3,(H3,30,31)(H,32,34). The number of aryl methyl sites for hydroxylation is 1. The van der Waals surface area contributed by atoms with Crippen LogP contribution in [0.3, 0.4) is 0 Å². The first-order valence-electron chi connectivity index (χ1n) is 10.4. The van der Waals surface area contributed by atoms with Crippen molar-refractivity contribution in [2.24, 2.45) is 5.73 Å². The summed E-state index contributed by atoms with van der Waals surface area (Å²) in [6.45, 7) is 1.86. The first-order valence-corrected chi connectivity index (χ1v) is 10.4. The predicted octanol–water partition coefficient (Wildman–Crippen LogP) is 6.01. The van der Waals surface area contributed by atoms with Gasteiger partial charge in [-0.25, -0.2) is 0 Å². The van der Waals surface area contributed by atoms with Crippen LogP contribution in [0.5, 0.6) is 0 Å². The molecule has 5 nitrogen and oxygen atoms in total. The molecule has 0 atom stereocenters. The maximum Gasteiger partial charge on any atom is 0.417 e. The van der Waals surface area contributed by atoms with Gasteiger partial charge >= 0.3 is 6.18 Å². The maximum atomic E-state index is 13.3. The van der Waals surface area contributed by atoms with Crippen molar-refractivity contribution in [3.05, 3.63) is 107 Å². The molecule has 0 radical (unpaired) electrons. The molecule has 0 bridgehead atoms. The van der Waals surface area contributed by atoms with Crippen LogP contribution in [-0.4, -0.2) is 16.3 Å². The molecule has 1 heterocycles. The number of nitrogens with one attached hydrogen (secondary N) is 2. The minimum atomic E-state index is -4.47. The second-order valence-corrected chi connectivity index (χ2v) is 7.81. The van der Waals surface area contributed by atoms with Crippen molar-refractivity contribution >= 4 is 17.4 Å². The van der Waals surface area contributed by atoms with E-state index in [1.165, 1.54) is 12.1 Å². The fourth-order valence-electron chi connectivity index (χ4n) is 3.72. The average Bonchev–Trinajstić information content (AvgIpc) is 3.21. The Kier molecular flexibility index (Phi) is 5.98. The monoisotopic (exact) mass is 462 g/mol. The van der Waals surface area contributed by atoms with Crippen LogP contribution in [-0.2, 0) is 6.18 Å². The summed E-state index contributed by atoms with van der Waals surface area (Å²) in [7, 11) is 0. The first-order chi connectivity index (χ1) is 16.1. The van der Waals surface area contributed by atoms with E-state index in [1.807, 2.05) is 6.92 Å². The van der Waals surface area contributed by atoms with Gasteiger partial charge in [0.2, 0.25) is 0 Å². The molecule has 34 heavy (non-hydrogen) atoms. The van der Waals surface area contributed by atoms with Gasteiger partial charge in [0, 0.05) is 23.1 Å². The molecule has 0 saturated heterocycles. The molecular weight excluding hydrogens is 441 g/mol. The van der Waals surface area contributed by atoms with E-state index in [4.69, 9.17) is 11.1 Å². The van der Waals surface area contributed by atoms with Gasteiger partial charge in [-0.1, -0.05) is 42.5 Å². The van der Waals surface area contributed by atoms with E-state index in [9.17, 15) is 18.0 Å². The lowest BCUT2D eigenvalue weighted by Crippen LogP contribution is -2.16. The van der Waals surface area contributed by atoms with Crippen molar-refractivity contribution in [3.8, 4) is 16.8 Å². The Balaban J connectivity index is 1.60. The number of nitrogen functional groups attached to an aromatic ring is 1. The van der Waals surface area contributed by atoms with Crippen molar-refractivity contribution in [1.29, 1.82) is 5.41 Å². The van der Waals surface area contributed by atoms with E-state index in [-0.39, 0.29) is 17.3 Å². The number of rotatable bonds is 5. The summed E-state index contributed by atoms with van der Waals surface area (Å²) in [5, 5.41) is 10.4. The smallest absolute Gasteiger partial charge is 0.384 e. The molecule has 1 aromatic heterocycles. The minimum absolute atomic E-state index is 0.0720. The fourth-order valence-corrected chi connectivity index (χ4v) is 3.72. The molecule has 0 fully saturated rings. The number of carbonyl (C=O) groups excluding carboxylic acids is 1. The third-order valence-electron chi connectivity index (χ3n) is 5.31. The van der Waals surface area contributed by atoms with Crippen LogP contribution in [0.1, 0.15) is 27.2 Å². The first kappa shape index (κ1) is 22.8. The van der Waals surface area contributed by atoms with Crippen LogP contribution < -0.4 is 11.1 Å².